The Morgan fingerprint density at radius 1 is 1.32 bits per heavy atom. The van der Waals surface area contributed by atoms with Gasteiger partial charge >= 0.3 is 0 Å². The SMILES string of the molecule is CN(CCCn1cncc1C=O)Cc1ccccc1. The first-order chi connectivity index (χ1) is 9.29. The molecule has 0 radical (unpaired) electrons. The first-order valence-corrected chi connectivity index (χ1v) is 6.47. The molecular formula is C15H19N3O. The first kappa shape index (κ1) is 13.5. The van der Waals surface area contributed by atoms with Crippen molar-refractivity contribution < 1.29 is 4.79 Å². The highest BCUT2D eigenvalue weighted by Crippen LogP contribution is 2.04. The molecule has 0 unspecified atom stereocenters. The second-order valence-corrected chi connectivity index (χ2v) is 4.71. The Balaban J connectivity index is 1.75. The molecule has 0 saturated heterocycles. The molecule has 0 N–H and O–H groups in total. The molecule has 2 rings (SSSR count). The Bertz CT molecular complexity index is 507. The maximum absolute atomic E-state index is 10.8. The molecule has 19 heavy (non-hydrogen) atoms. The summed E-state index contributed by atoms with van der Waals surface area (Å²) in [4.78, 5) is 17.0. The first-order valence-electron chi connectivity index (χ1n) is 6.47. The number of aromatic nitrogens is 2. The van der Waals surface area contributed by atoms with Gasteiger partial charge < -0.3 is 9.47 Å². The Labute approximate surface area is 113 Å². The van der Waals surface area contributed by atoms with Crippen LogP contribution >= 0.6 is 0 Å². The topological polar surface area (TPSA) is 38.1 Å². The van der Waals surface area contributed by atoms with Crippen molar-refractivity contribution in [2.24, 2.45) is 0 Å². The number of hydrogen-bond donors (Lipinski definition) is 0. The van der Waals surface area contributed by atoms with Crippen LogP contribution < -0.4 is 0 Å². The molecule has 1 aromatic heterocycles. The van der Waals surface area contributed by atoms with Crippen LogP contribution in [0.4, 0.5) is 0 Å². The highest BCUT2D eigenvalue weighted by Gasteiger charge is 2.02. The molecule has 4 nitrogen and oxygen atoms in total. The summed E-state index contributed by atoms with van der Waals surface area (Å²) in [6, 6.07) is 10.4. The van der Waals surface area contributed by atoms with Crippen molar-refractivity contribution in [1.82, 2.24) is 14.5 Å². The van der Waals surface area contributed by atoms with Crippen LogP contribution in [-0.4, -0.2) is 34.3 Å². The van der Waals surface area contributed by atoms with E-state index in [0.717, 1.165) is 32.3 Å². The normalized spacial score (nSPS) is 10.8. The predicted molar refractivity (Wildman–Crippen MR) is 75.0 cm³/mol. The quantitative estimate of drug-likeness (QED) is 0.714. The third-order valence-electron chi connectivity index (χ3n) is 3.10. The second-order valence-electron chi connectivity index (χ2n) is 4.71. The molecule has 0 aliphatic rings. The van der Waals surface area contributed by atoms with E-state index in [1.807, 2.05) is 10.6 Å². The number of aldehydes is 1. The van der Waals surface area contributed by atoms with Crippen molar-refractivity contribution in [3.05, 3.63) is 54.1 Å². The number of nitrogens with zero attached hydrogens (tertiary/aromatic N) is 3. The Morgan fingerprint density at radius 3 is 2.84 bits per heavy atom. The lowest BCUT2D eigenvalue weighted by Gasteiger charge is -2.16. The van der Waals surface area contributed by atoms with Crippen LogP contribution in [0.2, 0.25) is 0 Å². The minimum Gasteiger partial charge on any atom is -0.328 e. The van der Waals surface area contributed by atoms with Gasteiger partial charge in [-0.1, -0.05) is 30.3 Å². The fourth-order valence-electron chi connectivity index (χ4n) is 2.10. The summed E-state index contributed by atoms with van der Waals surface area (Å²) in [5.74, 6) is 0. The summed E-state index contributed by atoms with van der Waals surface area (Å²) < 4.78 is 1.89. The van der Waals surface area contributed by atoms with Gasteiger partial charge in [-0.3, -0.25) is 4.79 Å². The van der Waals surface area contributed by atoms with Crippen molar-refractivity contribution in [2.45, 2.75) is 19.5 Å². The maximum Gasteiger partial charge on any atom is 0.168 e. The molecule has 0 aliphatic carbocycles. The molecule has 0 amide bonds. The van der Waals surface area contributed by atoms with E-state index in [2.05, 4.69) is 41.2 Å². The van der Waals surface area contributed by atoms with Crippen LogP contribution in [0.15, 0.2) is 42.9 Å². The van der Waals surface area contributed by atoms with Gasteiger partial charge in [-0.15, -0.1) is 0 Å². The highest BCUT2D eigenvalue weighted by molar-refractivity contribution is 5.71. The maximum atomic E-state index is 10.8. The van der Waals surface area contributed by atoms with Crippen molar-refractivity contribution >= 4 is 6.29 Å². The van der Waals surface area contributed by atoms with E-state index in [1.54, 1.807) is 12.5 Å². The van der Waals surface area contributed by atoms with Crippen molar-refractivity contribution in [2.75, 3.05) is 13.6 Å². The molecule has 4 heteroatoms. The van der Waals surface area contributed by atoms with Gasteiger partial charge in [0.15, 0.2) is 6.29 Å². The summed E-state index contributed by atoms with van der Waals surface area (Å²) in [6.07, 6.45) is 5.16. The molecule has 0 aliphatic heterocycles. The Kier molecular flexibility index (Phi) is 4.86. The second kappa shape index (κ2) is 6.85. The summed E-state index contributed by atoms with van der Waals surface area (Å²) in [5, 5.41) is 0. The Morgan fingerprint density at radius 2 is 2.11 bits per heavy atom. The van der Waals surface area contributed by atoms with E-state index < -0.39 is 0 Å². The van der Waals surface area contributed by atoms with E-state index in [4.69, 9.17) is 0 Å². The Hall–Kier alpha value is -1.94. The minimum atomic E-state index is 0.644. The number of imidazole rings is 1. The van der Waals surface area contributed by atoms with Gasteiger partial charge in [0.2, 0.25) is 0 Å². The van der Waals surface area contributed by atoms with E-state index in [-0.39, 0.29) is 0 Å². The zero-order chi connectivity index (χ0) is 13.5. The summed E-state index contributed by atoms with van der Waals surface area (Å²) in [6.45, 7) is 2.77. The smallest absolute Gasteiger partial charge is 0.168 e. The summed E-state index contributed by atoms with van der Waals surface area (Å²) in [5.41, 5.74) is 1.96. The molecule has 0 bridgehead atoms. The van der Waals surface area contributed by atoms with Gasteiger partial charge in [0.25, 0.3) is 0 Å². The van der Waals surface area contributed by atoms with Crippen LogP contribution in [-0.2, 0) is 13.1 Å². The van der Waals surface area contributed by atoms with E-state index in [9.17, 15) is 4.79 Å². The van der Waals surface area contributed by atoms with Gasteiger partial charge in [-0.05, 0) is 25.6 Å². The van der Waals surface area contributed by atoms with Gasteiger partial charge in [0.1, 0.15) is 5.69 Å². The molecule has 0 fully saturated rings. The van der Waals surface area contributed by atoms with Crippen LogP contribution in [0.3, 0.4) is 0 Å². The van der Waals surface area contributed by atoms with Crippen molar-refractivity contribution in [1.29, 1.82) is 0 Å². The van der Waals surface area contributed by atoms with Crippen LogP contribution in [0.25, 0.3) is 0 Å². The average Bonchev–Trinajstić information content (AvgIpc) is 2.87. The number of aryl methyl sites for hydroxylation is 1. The van der Waals surface area contributed by atoms with Crippen LogP contribution in [0, 0.1) is 0 Å². The van der Waals surface area contributed by atoms with E-state index in [1.165, 1.54) is 5.56 Å². The number of rotatable bonds is 7. The van der Waals surface area contributed by atoms with Crippen LogP contribution in [0.1, 0.15) is 22.5 Å². The lowest BCUT2D eigenvalue weighted by molar-refractivity contribution is 0.111. The number of carbonyl (C=O) groups excluding carboxylic acids is 1. The van der Waals surface area contributed by atoms with Crippen LogP contribution in [0.5, 0.6) is 0 Å². The lowest BCUT2D eigenvalue weighted by Crippen LogP contribution is -2.20. The molecular weight excluding hydrogens is 238 g/mol. The fourth-order valence-corrected chi connectivity index (χ4v) is 2.10. The number of benzene rings is 1. The lowest BCUT2D eigenvalue weighted by atomic mass is 10.2. The number of hydrogen-bond acceptors (Lipinski definition) is 3. The average molecular weight is 257 g/mol. The minimum absolute atomic E-state index is 0.644. The molecule has 100 valence electrons. The summed E-state index contributed by atoms with van der Waals surface area (Å²) in [7, 11) is 2.11. The predicted octanol–water partition coefficient (Wildman–Crippen LogP) is 2.22. The molecule has 0 spiro atoms. The van der Waals surface area contributed by atoms with Gasteiger partial charge in [-0.25, -0.2) is 4.98 Å². The zero-order valence-electron chi connectivity index (χ0n) is 11.2. The van der Waals surface area contributed by atoms with Crippen molar-refractivity contribution in [3.8, 4) is 0 Å². The zero-order valence-corrected chi connectivity index (χ0v) is 11.2. The van der Waals surface area contributed by atoms with Gasteiger partial charge in [-0.2, -0.15) is 0 Å². The standard InChI is InChI=1S/C15H19N3O/c1-17(11-14-6-3-2-4-7-14)8-5-9-18-13-16-10-15(18)12-19/h2-4,6-7,10,12-13H,5,8-9,11H2,1H3. The van der Waals surface area contributed by atoms with Gasteiger partial charge in [0, 0.05) is 13.1 Å². The summed E-state index contributed by atoms with van der Waals surface area (Å²) >= 11 is 0. The third kappa shape index (κ3) is 4.03. The molecule has 0 saturated carbocycles. The van der Waals surface area contributed by atoms with Crippen molar-refractivity contribution in [3.63, 3.8) is 0 Å². The molecule has 0 atom stereocenters. The largest absolute Gasteiger partial charge is 0.328 e. The monoisotopic (exact) mass is 257 g/mol. The number of carbonyl (C=O) groups is 1. The highest BCUT2D eigenvalue weighted by atomic mass is 16.1. The van der Waals surface area contributed by atoms with Gasteiger partial charge in [0.05, 0.1) is 12.5 Å². The molecule has 1 aromatic carbocycles. The third-order valence-corrected chi connectivity index (χ3v) is 3.10. The fraction of sp³-hybridized carbons (Fsp3) is 0.333. The molecule has 2 aromatic rings. The molecule has 1 heterocycles. The van der Waals surface area contributed by atoms with E-state index in [0.29, 0.717) is 5.69 Å². The van der Waals surface area contributed by atoms with E-state index >= 15 is 0 Å².